The van der Waals surface area contributed by atoms with E-state index in [4.69, 9.17) is 8.53 Å². The molecule has 0 N–H and O–H groups in total. The number of pyridine rings is 2. The van der Waals surface area contributed by atoms with Crippen LogP contribution in [-0.4, -0.2) is 18.0 Å². The first-order valence-corrected chi connectivity index (χ1v) is 11.9. The number of furan rings is 1. The molecular weight excluding hydrogens is 324 g/mol. The molecule has 0 bridgehead atoms. The lowest BCUT2D eigenvalue weighted by Crippen LogP contribution is -2.39. The fraction of sp³-hybridized carbons (Fsp3) is 0.238. The number of rotatable bonds is 2. The third-order valence-corrected chi connectivity index (χ3v) is 6.51. The Kier molecular flexibility index (Phi) is 2.84. The molecule has 4 heteroatoms. The van der Waals surface area contributed by atoms with E-state index in [2.05, 4.69) is 29.6 Å². The Morgan fingerprint density at radius 3 is 2.68 bits per heavy atom. The zero-order chi connectivity index (χ0) is 20.3. The van der Waals surface area contributed by atoms with E-state index >= 15 is 0 Å². The zero-order valence-electron chi connectivity index (χ0n) is 17.8. The SMILES string of the molecule is [2H]C([2H])([2H])c1cc(-c2cccc3c2oc2nc(C)ccc23)ncc1[Si](C)(C)C. The minimum absolute atomic E-state index is 0.388. The number of fused-ring (bicyclic) bond motifs is 3. The van der Waals surface area contributed by atoms with Gasteiger partial charge in [-0.3, -0.25) is 4.98 Å². The van der Waals surface area contributed by atoms with Crippen molar-refractivity contribution in [3.8, 4) is 11.3 Å². The van der Waals surface area contributed by atoms with E-state index in [1.807, 2.05) is 37.3 Å². The topological polar surface area (TPSA) is 38.9 Å². The number of para-hydroxylation sites is 1. The van der Waals surface area contributed by atoms with Crippen LogP contribution in [0.3, 0.4) is 0 Å². The molecule has 0 atom stereocenters. The van der Waals surface area contributed by atoms with Crippen molar-refractivity contribution in [2.45, 2.75) is 33.4 Å². The summed E-state index contributed by atoms with van der Waals surface area (Å²) in [5.41, 5.74) is 3.92. The number of nitrogens with zero attached hydrogens (tertiary/aromatic N) is 2. The van der Waals surface area contributed by atoms with Crippen molar-refractivity contribution in [2.75, 3.05) is 0 Å². The van der Waals surface area contributed by atoms with E-state index in [0.717, 1.165) is 27.2 Å². The molecule has 0 radical (unpaired) electrons. The second-order valence-corrected chi connectivity index (χ2v) is 12.5. The maximum atomic E-state index is 8.02. The van der Waals surface area contributed by atoms with Gasteiger partial charge in [-0.1, -0.05) is 31.8 Å². The molecule has 3 aromatic heterocycles. The summed E-state index contributed by atoms with van der Waals surface area (Å²) in [6.45, 7) is 6.13. The quantitative estimate of drug-likeness (QED) is 0.467. The van der Waals surface area contributed by atoms with E-state index < -0.39 is 14.9 Å². The van der Waals surface area contributed by atoms with Crippen LogP contribution in [0.2, 0.25) is 19.6 Å². The molecule has 0 saturated carbocycles. The van der Waals surface area contributed by atoms with Crippen LogP contribution in [0.4, 0.5) is 0 Å². The van der Waals surface area contributed by atoms with Crippen LogP contribution in [0, 0.1) is 13.8 Å². The van der Waals surface area contributed by atoms with Crippen LogP contribution in [0.1, 0.15) is 15.4 Å². The van der Waals surface area contributed by atoms with Gasteiger partial charge in [-0.25, -0.2) is 4.98 Å². The van der Waals surface area contributed by atoms with Gasteiger partial charge in [-0.05, 0) is 48.8 Å². The molecular formula is C21H22N2OSi. The Hall–Kier alpha value is -2.46. The van der Waals surface area contributed by atoms with Gasteiger partial charge in [0.25, 0.3) is 0 Å². The molecule has 0 fully saturated rings. The molecule has 4 aromatic rings. The Balaban J connectivity index is 1.99. The standard InChI is InChI=1S/C21H22N2OSi/c1-13-11-18(22-12-19(13)25(3,4)5)17-8-6-7-15-16-10-9-14(2)23-21(16)24-20(15)17/h6-12H,1-5H3/i1D3. The molecule has 0 aliphatic rings. The minimum Gasteiger partial charge on any atom is -0.437 e. The molecule has 3 nitrogen and oxygen atoms in total. The fourth-order valence-corrected chi connectivity index (χ4v) is 4.51. The second kappa shape index (κ2) is 5.53. The monoisotopic (exact) mass is 349 g/mol. The van der Waals surface area contributed by atoms with E-state index in [9.17, 15) is 0 Å². The summed E-state index contributed by atoms with van der Waals surface area (Å²) < 4.78 is 30.1. The maximum Gasteiger partial charge on any atom is 0.227 e. The van der Waals surface area contributed by atoms with Gasteiger partial charge in [0.05, 0.1) is 13.8 Å². The third-order valence-electron chi connectivity index (χ3n) is 4.49. The highest BCUT2D eigenvalue weighted by atomic mass is 28.3. The summed E-state index contributed by atoms with van der Waals surface area (Å²) in [5, 5.41) is 2.76. The molecule has 25 heavy (non-hydrogen) atoms. The van der Waals surface area contributed by atoms with Crippen LogP contribution in [0.15, 0.2) is 47.0 Å². The highest BCUT2D eigenvalue weighted by Crippen LogP contribution is 2.34. The van der Waals surface area contributed by atoms with E-state index in [0.29, 0.717) is 22.6 Å². The summed E-state index contributed by atoms with van der Waals surface area (Å²) in [6, 6.07) is 11.5. The van der Waals surface area contributed by atoms with Gasteiger partial charge in [0.15, 0.2) is 0 Å². The predicted octanol–water partition coefficient (Wildman–Crippen LogP) is 5.21. The van der Waals surface area contributed by atoms with Crippen molar-refractivity contribution in [1.29, 1.82) is 0 Å². The highest BCUT2D eigenvalue weighted by Gasteiger charge is 2.20. The summed E-state index contributed by atoms with van der Waals surface area (Å²) in [5.74, 6) is 0. The Morgan fingerprint density at radius 2 is 1.92 bits per heavy atom. The number of hydrogen-bond acceptors (Lipinski definition) is 3. The lowest BCUT2D eigenvalue weighted by Gasteiger charge is -2.19. The smallest absolute Gasteiger partial charge is 0.227 e. The van der Waals surface area contributed by atoms with Crippen molar-refractivity contribution in [3.05, 3.63) is 53.9 Å². The molecule has 1 aromatic carbocycles. The molecule has 0 spiro atoms. The minimum atomic E-state index is -2.19. The first-order chi connectivity index (χ1) is 13.1. The average molecular weight is 350 g/mol. The number of hydrogen-bond donors (Lipinski definition) is 0. The number of benzene rings is 1. The fourth-order valence-electron chi connectivity index (χ4n) is 3.17. The van der Waals surface area contributed by atoms with Crippen LogP contribution in [0.5, 0.6) is 0 Å². The van der Waals surface area contributed by atoms with Crippen molar-refractivity contribution >= 4 is 35.3 Å². The van der Waals surface area contributed by atoms with Crippen molar-refractivity contribution in [1.82, 2.24) is 9.97 Å². The van der Waals surface area contributed by atoms with Crippen LogP contribution < -0.4 is 5.19 Å². The molecule has 126 valence electrons. The largest absolute Gasteiger partial charge is 0.437 e. The van der Waals surface area contributed by atoms with E-state index in [1.54, 1.807) is 12.3 Å². The molecule has 3 heterocycles. The first kappa shape index (κ1) is 12.8. The van der Waals surface area contributed by atoms with Crippen LogP contribution >= 0.6 is 0 Å². The highest BCUT2D eigenvalue weighted by molar-refractivity contribution is 6.89. The zero-order valence-corrected chi connectivity index (χ0v) is 15.8. The van der Waals surface area contributed by atoms with Gasteiger partial charge in [0, 0.05) is 32.3 Å². The lowest BCUT2D eigenvalue weighted by atomic mass is 10.1. The Morgan fingerprint density at radius 1 is 1.08 bits per heavy atom. The first-order valence-electron chi connectivity index (χ1n) is 9.86. The lowest BCUT2D eigenvalue weighted by molar-refractivity contribution is 0.653. The van der Waals surface area contributed by atoms with Gasteiger partial charge in [0.2, 0.25) is 5.71 Å². The number of aryl methyl sites for hydroxylation is 2. The third kappa shape index (κ3) is 2.67. The van der Waals surface area contributed by atoms with Gasteiger partial charge < -0.3 is 4.42 Å². The predicted molar refractivity (Wildman–Crippen MR) is 107 cm³/mol. The Bertz CT molecular complexity index is 1210. The summed E-state index contributed by atoms with van der Waals surface area (Å²) >= 11 is 0. The summed E-state index contributed by atoms with van der Waals surface area (Å²) in [4.78, 5) is 9.11. The van der Waals surface area contributed by atoms with Gasteiger partial charge in [0.1, 0.15) is 5.58 Å². The van der Waals surface area contributed by atoms with E-state index in [-0.39, 0.29) is 0 Å². The molecule has 0 saturated heterocycles. The second-order valence-electron chi connectivity index (χ2n) is 7.45. The molecule has 0 unspecified atom stereocenters. The van der Waals surface area contributed by atoms with Gasteiger partial charge in [-0.2, -0.15) is 0 Å². The summed E-state index contributed by atoms with van der Waals surface area (Å²) in [6.07, 6.45) is 1.74. The number of aromatic nitrogens is 2. The van der Waals surface area contributed by atoms with Crippen LogP contribution in [0.25, 0.3) is 33.3 Å². The van der Waals surface area contributed by atoms with E-state index in [1.165, 1.54) is 0 Å². The molecule has 0 aliphatic carbocycles. The molecule has 0 amide bonds. The van der Waals surface area contributed by atoms with Crippen molar-refractivity contribution < 1.29 is 8.53 Å². The van der Waals surface area contributed by atoms with Gasteiger partial charge >= 0.3 is 0 Å². The molecule has 4 rings (SSSR count). The summed E-state index contributed by atoms with van der Waals surface area (Å²) in [7, 11) is -1.85. The van der Waals surface area contributed by atoms with Crippen LogP contribution in [-0.2, 0) is 0 Å². The normalized spacial score (nSPS) is 14.5. The van der Waals surface area contributed by atoms with Crippen molar-refractivity contribution in [2.24, 2.45) is 0 Å². The van der Waals surface area contributed by atoms with Gasteiger partial charge in [-0.15, -0.1) is 0 Å². The maximum absolute atomic E-state index is 8.02. The Labute approximate surface area is 153 Å². The molecule has 0 aliphatic heterocycles. The van der Waals surface area contributed by atoms with Crippen molar-refractivity contribution in [3.63, 3.8) is 0 Å². The average Bonchev–Trinajstić information content (AvgIpc) is 2.97.